The van der Waals surface area contributed by atoms with Crippen LogP contribution >= 0.6 is 24.0 Å². The van der Waals surface area contributed by atoms with Gasteiger partial charge in [-0.25, -0.2) is 4.98 Å². The third-order valence-corrected chi connectivity index (χ3v) is 4.77. The van der Waals surface area contributed by atoms with E-state index in [-0.39, 0.29) is 24.0 Å². The van der Waals surface area contributed by atoms with Crippen LogP contribution in [-0.4, -0.2) is 40.5 Å². The standard InChI is InChI=1S/C17H29N5.HI/c1-13-8-14(2)11-22(10-13)17(18-3)19-9-15-12-21-7-5-4-6-16(21)20-15;/h12-14H,4-11H2,1-3H3,(H,18,19);1H. The van der Waals surface area contributed by atoms with Gasteiger partial charge in [-0.05, 0) is 31.1 Å². The van der Waals surface area contributed by atoms with Crippen LogP contribution < -0.4 is 5.32 Å². The molecule has 1 fully saturated rings. The highest BCUT2D eigenvalue weighted by atomic mass is 127. The number of aliphatic imine (C=N–C) groups is 1. The highest BCUT2D eigenvalue weighted by molar-refractivity contribution is 14.0. The molecule has 6 heteroatoms. The van der Waals surface area contributed by atoms with Gasteiger partial charge in [-0.2, -0.15) is 0 Å². The summed E-state index contributed by atoms with van der Waals surface area (Å²) in [5.41, 5.74) is 1.14. The van der Waals surface area contributed by atoms with Crippen molar-refractivity contribution in [3.8, 4) is 0 Å². The van der Waals surface area contributed by atoms with Crippen LogP contribution in [0.1, 0.15) is 44.6 Å². The lowest BCUT2D eigenvalue weighted by atomic mass is 9.92. The van der Waals surface area contributed by atoms with Gasteiger partial charge in [-0.15, -0.1) is 24.0 Å². The Labute approximate surface area is 157 Å². The third kappa shape index (κ3) is 4.61. The molecular formula is C17H30IN5. The van der Waals surface area contributed by atoms with Crippen molar-refractivity contribution < 1.29 is 0 Å². The maximum atomic E-state index is 4.76. The molecular weight excluding hydrogens is 401 g/mol. The highest BCUT2D eigenvalue weighted by Crippen LogP contribution is 2.21. The van der Waals surface area contributed by atoms with Gasteiger partial charge in [0.15, 0.2) is 5.96 Å². The number of fused-ring (bicyclic) bond motifs is 1. The lowest BCUT2D eigenvalue weighted by Crippen LogP contribution is -2.48. The minimum absolute atomic E-state index is 0. The molecule has 1 N–H and O–H groups in total. The Morgan fingerprint density at radius 1 is 1.30 bits per heavy atom. The van der Waals surface area contributed by atoms with Crippen molar-refractivity contribution in [1.29, 1.82) is 0 Å². The molecule has 130 valence electrons. The normalized spacial score (nSPS) is 24.8. The molecule has 23 heavy (non-hydrogen) atoms. The molecule has 3 heterocycles. The second-order valence-electron chi connectivity index (χ2n) is 7.05. The number of hydrogen-bond acceptors (Lipinski definition) is 2. The molecule has 1 aromatic heterocycles. The lowest BCUT2D eigenvalue weighted by molar-refractivity contribution is 0.208. The predicted molar refractivity (Wildman–Crippen MR) is 105 cm³/mol. The van der Waals surface area contributed by atoms with Gasteiger partial charge in [0.25, 0.3) is 0 Å². The molecule has 5 nitrogen and oxygen atoms in total. The summed E-state index contributed by atoms with van der Waals surface area (Å²) in [6, 6.07) is 0. The largest absolute Gasteiger partial charge is 0.351 e. The van der Waals surface area contributed by atoms with Crippen molar-refractivity contribution in [2.45, 2.75) is 52.6 Å². The molecule has 2 atom stereocenters. The summed E-state index contributed by atoms with van der Waals surface area (Å²) in [6.45, 7) is 8.76. The Hall–Kier alpha value is -0.790. The molecule has 0 radical (unpaired) electrons. The molecule has 3 rings (SSSR count). The van der Waals surface area contributed by atoms with E-state index in [4.69, 9.17) is 4.98 Å². The SMILES string of the molecule is CN=C(NCc1cn2c(n1)CCCC2)N1CC(C)CC(C)C1.I. The van der Waals surface area contributed by atoms with Crippen LogP contribution in [0.5, 0.6) is 0 Å². The van der Waals surface area contributed by atoms with Crippen LogP contribution in [0.2, 0.25) is 0 Å². The smallest absolute Gasteiger partial charge is 0.193 e. The number of nitrogens with zero attached hydrogens (tertiary/aromatic N) is 4. The summed E-state index contributed by atoms with van der Waals surface area (Å²) in [7, 11) is 1.88. The first-order valence-corrected chi connectivity index (χ1v) is 8.66. The van der Waals surface area contributed by atoms with Crippen molar-refractivity contribution in [2.24, 2.45) is 16.8 Å². The van der Waals surface area contributed by atoms with Gasteiger partial charge in [0.1, 0.15) is 5.82 Å². The number of aromatic nitrogens is 2. The number of aryl methyl sites for hydroxylation is 2. The summed E-state index contributed by atoms with van der Waals surface area (Å²) in [6.07, 6.45) is 7.20. The first kappa shape index (κ1) is 18.5. The summed E-state index contributed by atoms with van der Waals surface area (Å²) in [5.74, 6) is 3.74. The number of imidazole rings is 1. The zero-order chi connectivity index (χ0) is 15.5. The Kier molecular flexibility index (Phi) is 6.73. The zero-order valence-corrected chi connectivity index (χ0v) is 16.9. The Morgan fingerprint density at radius 2 is 2.04 bits per heavy atom. The third-order valence-electron chi connectivity index (χ3n) is 4.77. The maximum Gasteiger partial charge on any atom is 0.193 e. The second kappa shape index (κ2) is 8.35. The quantitative estimate of drug-likeness (QED) is 0.445. The van der Waals surface area contributed by atoms with Crippen molar-refractivity contribution in [3.05, 3.63) is 17.7 Å². The van der Waals surface area contributed by atoms with Crippen LogP contribution in [-0.2, 0) is 19.5 Å². The van der Waals surface area contributed by atoms with Crippen LogP contribution in [0.15, 0.2) is 11.2 Å². The fourth-order valence-electron chi connectivity index (χ4n) is 3.89. The molecule has 0 spiro atoms. The van der Waals surface area contributed by atoms with Gasteiger partial charge < -0.3 is 14.8 Å². The molecule has 0 saturated carbocycles. The summed E-state index contributed by atoms with van der Waals surface area (Å²) < 4.78 is 2.31. The van der Waals surface area contributed by atoms with Gasteiger partial charge in [0.2, 0.25) is 0 Å². The fraction of sp³-hybridized carbons (Fsp3) is 0.765. The van der Waals surface area contributed by atoms with Gasteiger partial charge in [0.05, 0.1) is 12.2 Å². The summed E-state index contributed by atoms with van der Waals surface area (Å²) in [5, 5.41) is 3.51. The van der Waals surface area contributed by atoms with E-state index in [0.717, 1.165) is 56.1 Å². The summed E-state index contributed by atoms with van der Waals surface area (Å²) >= 11 is 0. The molecule has 0 aromatic carbocycles. The van der Waals surface area contributed by atoms with E-state index in [0.29, 0.717) is 0 Å². The van der Waals surface area contributed by atoms with Crippen molar-refractivity contribution in [1.82, 2.24) is 19.8 Å². The molecule has 2 aliphatic rings. The maximum absolute atomic E-state index is 4.76. The molecule has 0 amide bonds. The average molecular weight is 431 g/mol. The predicted octanol–water partition coefficient (Wildman–Crippen LogP) is 2.89. The zero-order valence-electron chi connectivity index (χ0n) is 14.6. The minimum atomic E-state index is 0. The molecule has 2 unspecified atom stereocenters. The van der Waals surface area contributed by atoms with E-state index >= 15 is 0 Å². The molecule has 0 aliphatic carbocycles. The molecule has 2 aliphatic heterocycles. The van der Waals surface area contributed by atoms with Crippen LogP contribution in [0.3, 0.4) is 0 Å². The fourth-order valence-corrected chi connectivity index (χ4v) is 3.89. The van der Waals surface area contributed by atoms with E-state index in [2.05, 4.69) is 39.8 Å². The van der Waals surface area contributed by atoms with Crippen molar-refractivity contribution in [3.63, 3.8) is 0 Å². The highest BCUT2D eigenvalue weighted by Gasteiger charge is 2.24. The van der Waals surface area contributed by atoms with Crippen LogP contribution in [0.4, 0.5) is 0 Å². The lowest BCUT2D eigenvalue weighted by Gasteiger charge is -2.37. The van der Waals surface area contributed by atoms with Crippen molar-refractivity contribution in [2.75, 3.05) is 20.1 Å². The minimum Gasteiger partial charge on any atom is -0.351 e. The van der Waals surface area contributed by atoms with E-state index in [9.17, 15) is 0 Å². The van der Waals surface area contributed by atoms with Gasteiger partial charge in [-0.3, -0.25) is 4.99 Å². The van der Waals surface area contributed by atoms with Gasteiger partial charge >= 0.3 is 0 Å². The molecule has 0 bridgehead atoms. The second-order valence-corrected chi connectivity index (χ2v) is 7.05. The molecule has 1 aromatic rings. The van der Waals surface area contributed by atoms with E-state index in [1.165, 1.54) is 25.1 Å². The first-order valence-electron chi connectivity index (χ1n) is 8.66. The number of hydrogen-bond donors (Lipinski definition) is 1. The number of nitrogens with one attached hydrogen (secondary N) is 1. The number of rotatable bonds is 2. The monoisotopic (exact) mass is 431 g/mol. The van der Waals surface area contributed by atoms with E-state index in [1.807, 2.05) is 7.05 Å². The average Bonchev–Trinajstić information content (AvgIpc) is 2.89. The van der Waals surface area contributed by atoms with Crippen molar-refractivity contribution >= 4 is 29.9 Å². The van der Waals surface area contributed by atoms with Gasteiger partial charge in [0, 0.05) is 39.3 Å². The van der Waals surface area contributed by atoms with Gasteiger partial charge in [-0.1, -0.05) is 13.8 Å². The first-order chi connectivity index (χ1) is 10.7. The number of halogens is 1. The van der Waals surface area contributed by atoms with Crippen LogP contribution in [0.25, 0.3) is 0 Å². The Morgan fingerprint density at radius 3 is 2.70 bits per heavy atom. The van der Waals surface area contributed by atoms with Crippen LogP contribution in [0, 0.1) is 11.8 Å². The number of piperidine rings is 1. The van der Waals surface area contributed by atoms with E-state index < -0.39 is 0 Å². The topological polar surface area (TPSA) is 45.5 Å². The number of guanidine groups is 1. The summed E-state index contributed by atoms with van der Waals surface area (Å²) in [4.78, 5) is 11.6. The van der Waals surface area contributed by atoms with E-state index in [1.54, 1.807) is 0 Å². The molecule has 1 saturated heterocycles. The Bertz CT molecular complexity index is 506. The Balaban J connectivity index is 0.00000192. The number of likely N-dealkylation sites (tertiary alicyclic amines) is 1.